The topological polar surface area (TPSA) is 23.6 Å². The maximum absolute atomic E-state index is 11.6. The number of nitrogens with zero attached hydrogens (tertiary/aromatic N) is 2. The molecule has 0 spiro atoms. The van der Waals surface area contributed by atoms with Crippen molar-refractivity contribution in [3.05, 3.63) is 0 Å². The van der Waals surface area contributed by atoms with Crippen LogP contribution in [0, 0.1) is 5.92 Å². The van der Waals surface area contributed by atoms with Crippen LogP contribution in [-0.4, -0.2) is 48.4 Å². The van der Waals surface area contributed by atoms with Crippen LogP contribution in [0.4, 0.5) is 0 Å². The third-order valence-electron chi connectivity index (χ3n) is 2.81. The molecule has 88 valence electrons. The molecule has 0 aliphatic carbocycles. The molecule has 0 N–H and O–H groups in total. The molecular formula is C12H24N2O. The first-order valence-corrected chi connectivity index (χ1v) is 6.13. The van der Waals surface area contributed by atoms with E-state index in [1.807, 2.05) is 4.90 Å². The Hall–Kier alpha value is -0.570. The van der Waals surface area contributed by atoms with Gasteiger partial charge < -0.3 is 4.90 Å². The first-order chi connectivity index (χ1) is 7.13. The van der Waals surface area contributed by atoms with Crippen LogP contribution in [-0.2, 0) is 4.79 Å². The minimum absolute atomic E-state index is 0.335. The number of carbonyl (C=O) groups excluding carboxylic acids is 1. The lowest BCUT2D eigenvalue weighted by molar-refractivity contribution is -0.133. The van der Waals surface area contributed by atoms with Gasteiger partial charge in [0.25, 0.3) is 0 Å². The van der Waals surface area contributed by atoms with E-state index in [9.17, 15) is 4.79 Å². The molecule has 1 amide bonds. The van der Waals surface area contributed by atoms with Gasteiger partial charge in [-0.25, -0.2) is 0 Å². The van der Waals surface area contributed by atoms with Crippen LogP contribution in [0.15, 0.2) is 0 Å². The second-order valence-electron chi connectivity index (χ2n) is 4.83. The Morgan fingerprint density at radius 2 is 1.80 bits per heavy atom. The zero-order chi connectivity index (χ0) is 11.3. The number of piperazine rings is 1. The van der Waals surface area contributed by atoms with Crippen molar-refractivity contribution in [1.82, 2.24) is 9.80 Å². The highest BCUT2D eigenvalue weighted by atomic mass is 16.2. The van der Waals surface area contributed by atoms with Gasteiger partial charge in [-0.3, -0.25) is 9.69 Å². The molecule has 0 bridgehead atoms. The summed E-state index contributed by atoms with van der Waals surface area (Å²) in [4.78, 5) is 16.1. The molecule has 1 aliphatic rings. The minimum atomic E-state index is 0.335. The third kappa shape index (κ3) is 4.20. The van der Waals surface area contributed by atoms with E-state index in [1.165, 1.54) is 0 Å². The van der Waals surface area contributed by atoms with Crippen molar-refractivity contribution in [3.8, 4) is 0 Å². The van der Waals surface area contributed by atoms with E-state index < -0.39 is 0 Å². The third-order valence-corrected chi connectivity index (χ3v) is 2.81. The highest BCUT2D eigenvalue weighted by Crippen LogP contribution is 2.07. The number of hydrogen-bond acceptors (Lipinski definition) is 2. The van der Waals surface area contributed by atoms with E-state index in [4.69, 9.17) is 0 Å². The molecule has 1 fully saturated rings. The molecular weight excluding hydrogens is 188 g/mol. The Morgan fingerprint density at radius 1 is 1.20 bits per heavy atom. The van der Waals surface area contributed by atoms with Crippen LogP contribution in [0.2, 0.25) is 0 Å². The number of rotatable bonds is 4. The zero-order valence-electron chi connectivity index (χ0n) is 10.3. The van der Waals surface area contributed by atoms with Crippen LogP contribution in [0.25, 0.3) is 0 Å². The molecule has 3 heteroatoms. The van der Waals surface area contributed by atoms with Crippen LogP contribution in [0.5, 0.6) is 0 Å². The molecule has 1 aliphatic heterocycles. The predicted molar refractivity (Wildman–Crippen MR) is 62.8 cm³/mol. The van der Waals surface area contributed by atoms with Gasteiger partial charge in [0.05, 0.1) is 0 Å². The molecule has 1 heterocycles. The second-order valence-corrected chi connectivity index (χ2v) is 4.83. The van der Waals surface area contributed by atoms with Crippen molar-refractivity contribution in [2.75, 3.05) is 32.7 Å². The van der Waals surface area contributed by atoms with Gasteiger partial charge in [0.15, 0.2) is 0 Å². The summed E-state index contributed by atoms with van der Waals surface area (Å²) in [6, 6.07) is 0. The smallest absolute Gasteiger partial charge is 0.222 e. The second kappa shape index (κ2) is 6.11. The quantitative estimate of drug-likeness (QED) is 0.706. The fourth-order valence-corrected chi connectivity index (χ4v) is 2.07. The number of amides is 1. The lowest BCUT2D eigenvalue weighted by Gasteiger charge is -2.35. The number of carbonyl (C=O) groups is 1. The summed E-state index contributed by atoms with van der Waals surface area (Å²) in [5.41, 5.74) is 0. The van der Waals surface area contributed by atoms with Gasteiger partial charge in [0.1, 0.15) is 0 Å². The lowest BCUT2D eigenvalue weighted by atomic mass is 10.2. The fourth-order valence-electron chi connectivity index (χ4n) is 2.07. The average Bonchev–Trinajstić information content (AvgIpc) is 2.18. The summed E-state index contributed by atoms with van der Waals surface area (Å²) in [5, 5.41) is 0. The summed E-state index contributed by atoms with van der Waals surface area (Å²) in [6.45, 7) is 11.7. The van der Waals surface area contributed by atoms with Gasteiger partial charge in [-0.2, -0.15) is 0 Å². The predicted octanol–water partition coefficient (Wildman–Crippen LogP) is 1.59. The highest BCUT2D eigenvalue weighted by Gasteiger charge is 2.20. The minimum Gasteiger partial charge on any atom is -0.340 e. The summed E-state index contributed by atoms with van der Waals surface area (Å²) in [5.74, 6) is 1.06. The van der Waals surface area contributed by atoms with Crippen molar-refractivity contribution >= 4 is 5.91 Å². The molecule has 0 aromatic carbocycles. The van der Waals surface area contributed by atoms with Crippen molar-refractivity contribution < 1.29 is 4.79 Å². The monoisotopic (exact) mass is 212 g/mol. The zero-order valence-corrected chi connectivity index (χ0v) is 10.3. The van der Waals surface area contributed by atoms with Crippen molar-refractivity contribution in [1.29, 1.82) is 0 Å². The molecule has 1 rings (SSSR count). The van der Waals surface area contributed by atoms with E-state index in [2.05, 4.69) is 25.7 Å². The summed E-state index contributed by atoms with van der Waals surface area (Å²) >= 11 is 0. The van der Waals surface area contributed by atoms with Crippen LogP contribution in [0.1, 0.15) is 33.6 Å². The van der Waals surface area contributed by atoms with Gasteiger partial charge in [-0.15, -0.1) is 0 Å². The molecule has 3 nitrogen and oxygen atoms in total. The molecule has 1 saturated heterocycles. The highest BCUT2D eigenvalue weighted by molar-refractivity contribution is 5.76. The molecule has 15 heavy (non-hydrogen) atoms. The van der Waals surface area contributed by atoms with Gasteiger partial charge in [-0.05, 0) is 12.3 Å². The van der Waals surface area contributed by atoms with Crippen molar-refractivity contribution in [2.24, 2.45) is 5.92 Å². The van der Waals surface area contributed by atoms with E-state index in [0.29, 0.717) is 12.3 Å². The van der Waals surface area contributed by atoms with E-state index >= 15 is 0 Å². The Labute approximate surface area is 93.4 Å². The van der Waals surface area contributed by atoms with Crippen molar-refractivity contribution in [2.45, 2.75) is 33.6 Å². The van der Waals surface area contributed by atoms with E-state index in [-0.39, 0.29) is 0 Å². The first-order valence-electron chi connectivity index (χ1n) is 6.13. The van der Waals surface area contributed by atoms with Crippen molar-refractivity contribution in [3.63, 3.8) is 0 Å². The standard InChI is InChI=1S/C12H24N2O/c1-4-5-12(15)14-8-6-13(7-9-14)10-11(2)3/h11H,4-10H2,1-3H3. The number of hydrogen-bond donors (Lipinski definition) is 0. The lowest BCUT2D eigenvalue weighted by Crippen LogP contribution is -2.49. The summed E-state index contributed by atoms with van der Waals surface area (Å²) in [6.07, 6.45) is 1.68. The molecule has 0 radical (unpaired) electrons. The largest absolute Gasteiger partial charge is 0.340 e. The SMILES string of the molecule is CCCC(=O)N1CCN(CC(C)C)CC1. The molecule has 0 atom stereocenters. The summed E-state index contributed by atoms with van der Waals surface area (Å²) in [7, 11) is 0. The normalized spacial score (nSPS) is 18.5. The van der Waals surface area contributed by atoms with E-state index in [1.54, 1.807) is 0 Å². The van der Waals surface area contributed by atoms with Gasteiger partial charge in [0.2, 0.25) is 5.91 Å². The Morgan fingerprint density at radius 3 is 2.27 bits per heavy atom. The maximum atomic E-state index is 11.6. The van der Waals surface area contributed by atoms with Gasteiger partial charge >= 0.3 is 0 Å². The molecule has 0 aromatic heterocycles. The molecule has 0 aromatic rings. The molecule has 0 saturated carbocycles. The van der Waals surface area contributed by atoms with Gasteiger partial charge in [-0.1, -0.05) is 20.8 Å². The first kappa shape index (κ1) is 12.5. The van der Waals surface area contributed by atoms with Gasteiger partial charge in [0, 0.05) is 39.1 Å². The Balaban J connectivity index is 2.26. The van der Waals surface area contributed by atoms with Crippen LogP contribution < -0.4 is 0 Å². The molecule has 0 unspecified atom stereocenters. The average molecular weight is 212 g/mol. The van der Waals surface area contributed by atoms with E-state index in [0.717, 1.165) is 45.1 Å². The van der Waals surface area contributed by atoms with Crippen LogP contribution in [0.3, 0.4) is 0 Å². The Bertz CT molecular complexity index is 196. The maximum Gasteiger partial charge on any atom is 0.222 e. The van der Waals surface area contributed by atoms with Crippen LogP contribution >= 0.6 is 0 Å². The Kier molecular flexibility index (Phi) is 5.09. The fraction of sp³-hybridized carbons (Fsp3) is 0.917. The summed E-state index contributed by atoms with van der Waals surface area (Å²) < 4.78 is 0.